The van der Waals surface area contributed by atoms with Gasteiger partial charge in [-0.3, -0.25) is 4.98 Å². The van der Waals surface area contributed by atoms with Gasteiger partial charge in [0.1, 0.15) is 0 Å². The Balaban J connectivity index is 1.55. The molecule has 3 rings (SSSR count). The van der Waals surface area contributed by atoms with Gasteiger partial charge < -0.3 is 15.1 Å². The van der Waals surface area contributed by atoms with Crippen molar-refractivity contribution in [1.29, 1.82) is 0 Å². The van der Waals surface area contributed by atoms with Gasteiger partial charge in [0.25, 0.3) is 0 Å². The number of urea groups is 1. The Labute approximate surface area is 143 Å². The van der Waals surface area contributed by atoms with Crippen molar-refractivity contribution in [1.82, 2.24) is 9.88 Å². The molecule has 2 aromatic rings. The molecule has 2 amide bonds. The van der Waals surface area contributed by atoms with E-state index in [4.69, 9.17) is 0 Å². The molecule has 24 heavy (non-hydrogen) atoms. The highest BCUT2D eigenvalue weighted by atomic mass is 16.2. The predicted molar refractivity (Wildman–Crippen MR) is 97.2 cm³/mol. The minimum absolute atomic E-state index is 0.136. The van der Waals surface area contributed by atoms with Crippen molar-refractivity contribution < 1.29 is 4.79 Å². The second-order valence-electron chi connectivity index (χ2n) is 6.24. The summed E-state index contributed by atoms with van der Waals surface area (Å²) in [6, 6.07) is 12.0. The van der Waals surface area contributed by atoms with Crippen LogP contribution in [-0.2, 0) is 6.54 Å². The number of anilines is 2. The molecule has 0 bridgehead atoms. The first-order chi connectivity index (χ1) is 11.7. The third kappa shape index (κ3) is 4.25. The minimum atomic E-state index is -0.136. The topological polar surface area (TPSA) is 48.5 Å². The van der Waals surface area contributed by atoms with Crippen LogP contribution in [-0.4, -0.2) is 36.1 Å². The molecule has 0 spiro atoms. The molecule has 1 N–H and O–H groups in total. The Kier molecular flexibility index (Phi) is 5.31. The maximum Gasteiger partial charge on any atom is 0.321 e. The second-order valence-corrected chi connectivity index (χ2v) is 6.24. The van der Waals surface area contributed by atoms with E-state index in [0.29, 0.717) is 12.2 Å². The zero-order valence-corrected chi connectivity index (χ0v) is 14.1. The maximum absolute atomic E-state index is 12.2. The molecule has 1 saturated heterocycles. The number of benzene rings is 1. The number of hydrogen-bond donors (Lipinski definition) is 1. The van der Waals surface area contributed by atoms with Crippen LogP contribution in [0.25, 0.3) is 0 Å². The van der Waals surface area contributed by atoms with Gasteiger partial charge in [-0.2, -0.15) is 0 Å². The Hall–Kier alpha value is -2.56. The van der Waals surface area contributed by atoms with Gasteiger partial charge in [-0.25, -0.2) is 4.79 Å². The molecule has 1 fully saturated rings. The smallest absolute Gasteiger partial charge is 0.321 e. The van der Waals surface area contributed by atoms with Crippen LogP contribution < -0.4 is 10.2 Å². The summed E-state index contributed by atoms with van der Waals surface area (Å²) in [6.45, 7) is 2.87. The third-order valence-corrected chi connectivity index (χ3v) is 4.34. The first-order valence-electron chi connectivity index (χ1n) is 8.48. The number of nitrogens with zero attached hydrogens (tertiary/aromatic N) is 3. The predicted octanol–water partition coefficient (Wildman–Crippen LogP) is 3.74. The van der Waals surface area contributed by atoms with Gasteiger partial charge in [0, 0.05) is 38.6 Å². The highest BCUT2D eigenvalue weighted by Crippen LogP contribution is 2.20. The van der Waals surface area contributed by atoms with E-state index in [1.807, 2.05) is 6.07 Å². The molecule has 0 saturated carbocycles. The first-order valence-corrected chi connectivity index (χ1v) is 8.48. The normalized spacial score (nSPS) is 14.3. The summed E-state index contributed by atoms with van der Waals surface area (Å²) in [6.07, 6.45) is 7.21. The number of carbonyl (C=O) groups is 1. The van der Waals surface area contributed by atoms with Crippen LogP contribution in [0.4, 0.5) is 16.2 Å². The van der Waals surface area contributed by atoms with Gasteiger partial charge >= 0.3 is 6.03 Å². The average molecular weight is 324 g/mol. The SMILES string of the molecule is CN(Cc1ccc(N2CCCCC2)cc1)C(=O)Nc1cccnc1. The number of aromatic nitrogens is 1. The lowest BCUT2D eigenvalue weighted by atomic mass is 10.1. The molecule has 5 nitrogen and oxygen atoms in total. The quantitative estimate of drug-likeness (QED) is 0.932. The summed E-state index contributed by atoms with van der Waals surface area (Å²) in [4.78, 5) is 20.3. The fourth-order valence-electron chi connectivity index (χ4n) is 2.97. The Morgan fingerprint density at radius 1 is 1.17 bits per heavy atom. The van der Waals surface area contributed by atoms with E-state index < -0.39 is 0 Å². The van der Waals surface area contributed by atoms with E-state index >= 15 is 0 Å². The molecule has 126 valence electrons. The molecule has 2 heterocycles. The zero-order valence-electron chi connectivity index (χ0n) is 14.1. The van der Waals surface area contributed by atoms with E-state index in [1.54, 1.807) is 30.4 Å². The van der Waals surface area contributed by atoms with Gasteiger partial charge in [-0.1, -0.05) is 12.1 Å². The van der Waals surface area contributed by atoms with Crippen molar-refractivity contribution in [3.05, 3.63) is 54.4 Å². The van der Waals surface area contributed by atoms with Gasteiger partial charge in [-0.05, 0) is 49.1 Å². The van der Waals surface area contributed by atoms with Crippen molar-refractivity contribution in [3.63, 3.8) is 0 Å². The summed E-state index contributed by atoms with van der Waals surface area (Å²) in [7, 11) is 1.80. The molecule has 0 radical (unpaired) electrons. The monoisotopic (exact) mass is 324 g/mol. The van der Waals surface area contributed by atoms with Crippen LogP contribution in [0.15, 0.2) is 48.8 Å². The Morgan fingerprint density at radius 3 is 2.58 bits per heavy atom. The number of carbonyl (C=O) groups excluding carboxylic acids is 1. The van der Waals surface area contributed by atoms with Gasteiger partial charge in [0.15, 0.2) is 0 Å². The van der Waals surface area contributed by atoms with Crippen LogP contribution in [0.5, 0.6) is 0 Å². The van der Waals surface area contributed by atoms with Crippen molar-refractivity contribution in [2.45, 2.75) is 25.8 Å². The molecule has 5 heteroatoms. The molecule has 0 unspecified atom stereocenters. The van der Waals surface area contributed by atoms with E-state index in [0.717, 1.165) is 18.7 Å². The number of amides is 2. The summed E-state index contributed by atoms with van der Waals surface area (Å²) in [5, 5.41) is 2.84. The third-order valence-electron chi connectivity index (χ3n) is 4.34. The number of piperidine rings is 1. The van der Waals surface area contributed by atoms with Crippen molar-refractivity contribution in [2.75, 3.05) is 30.4 Å². The molecular formula is C19H24N4O. The highest BCUT2D eigenvalue weighted by molar-refractivity contribution is 5.88. The molecule has 1 aliphatic heterocycles. The fraction of sp³-hybridized carbons (Fsp3) is 0.368. The summed E-state index contributed by atoms with van der Waals surface area (Å²) < 4.78 is 0. The first kappa shape index (κ1) is 16.3. The minimum Gasteiger partial charge on any atom is -0.372 e. The van der Waals surface area contributed by atoms with E-state index in [1.165, 1.54) is 24.9 Å². The Bertz CT molecular complexity index is 651. The fourth-order valence-corrected chi connectivity index (χ4v) is 2.97. The van der Waals surface area contributed by atoms with E-state index in [-0.39, 0.29) is 6.03 Å². The summed E-state index contributed by atoms with van der Waals surface area (Å²) in [5.74, 6) is 0. The lowest BCUT2D eigenvalue weighted by Crippen LogP contribution is -2.31. The van der Waals surface area contributed by atoms with Gasteiger partial charge in [0.05, 0.1) is 11.9 Å². The molecular weight excluding hydrogens is 300 g/mol. The Morgan fingerprint density at radius 2 is 1.92 bits per heavy atom. The molecule has 1 aliphatic rings. The molecule has 0 aliphatic carbocycles. The van der Waals surface area contributed by atoms with Crippen LogP contribution in [0.1, 0.15) is 24.8 Å². The van der Waals surface area contributed by atoms with Crippen LogP contribution in [0, 0.1) is 0 Å². The number of nitrogens with one attached hydrogen (secondary N) is 1. The number of rotatable bonds is 4. The van der Waals surface area contributed by atoms with Crippen molar-refractivity contribution in [3.8, 4) is 0 Å². The van der Waals surface area contributed by atoms with E-state index in [2.05, 4.69) is 39.5 Å². The highest BCUT2D eigenvalue weighted by Gasteiger charge is 2.12. The summed E-state index contributed by atoms with van der Waals surface area (Å²) in [5.41, 5.74) is 3.11. The van der Waals surface area contributed by atoms with E-state index in [9.17, 15) is 4.79 Å². The summed E-state index contributed by atoms with van der Waals surface area (Å²) >= 11 is 0. The molecule has 1 aromatic heterocycles. The van der Waals surface area contributed by atoms with Crippen LogP contribution in [0.2, 0.25) is 0 Å². The standard InChI is InChI=1S/C19H24N4O/c1-22(19(24)21-17-6-5-11-20-14-17)15-16-7-9-18(10-8-16)23-12-3-2-4-13-23/h5-11,14H,2-4,12-13,15H2,1H3,(H,21,24). The van der Waals surface area contributed by atoms with Gasteiger partial charge in [0.2, 0.25) is 0 Å². The van der Waals surface area contributed by atoms with Crippen molar-refractivity contribution in [2.24, 2.45) is 0 Å². The maximum atomic E-state index is 12.2. The molecule has 1 aromatic carbocycles. The number of hydrogen-bond acceptors (Lipinski definition) is 3. The van der Waals surface area contributed by atoms with Crippen molar-refractivity contribution >= 4 is 17.4 Å². The van der Waals surface area contributed by atoms with Crippen LogP contribution in [0.3, 0.4) is 0 Å². The lowest BCUT2D eigenvalue weighted by molar-refractivity contribution is 0.220. The average Bonchev–Trinajstić information content (AvgIpc) is 2.64. The molecule has 0 atom stereocenters. The second kappa shape index (κ2) is 7.81. The number of pyridine rings is 1. The largest absolute Gasteiger partial charge is 0.372 e. The zero-order chi connectivity index (χ0) is 16.8. The van der Waals surface area contributed by atoms with Crippen LogP contribution >= 0.6 is 0 Å². The lowest BCUT2D eigenvalue weighted by Gasteiger charge is -2.29. The van der Waals surface area contributed by atoms with Gasteiger partial charge in [-0.15, -0.1) is 0 Å².